The summed E-state index contributed by atoms with van der Waals surface area (Å²) in [5, 5.41) is 8.76. The summed E-state index contributed by atoms with van der Waals surface area (Å²) in [4.78, 5) is 12.0. The zero-order chi connectivity index (χ0) is 12.5. The molecule has 86 valence electrons. The predicted molar refractivity (Wildman–Crippen MR) is 68.8 cm³/mol. The van der Waals surface area contributed by atoms with Crippen molar-refractivity contribution in [3.63, 3.8) is 0 Å². The second-order valence-corrected chi connectivity index (χ2v) is 4.10. The van der Waals surface area contributed by atoms with E-state index < -0.39 is 0 Å². The minimum absolute atomic E-state index is 0.642. The van der Waals surface area contributed by atoms with E-state index in [9.17, 15) is 0 Å². The largest absolute Gasteiger partial charge is 0.337 e. The lowest BCUT2D eigenvalue weighted by atomic mass is 10.1. The smallest absolute Gasteiger partial charge is 0.178 e. The van der Waals surface area contributed by atoms with Crippen molar-refractivity contribution in [2.75, 3.05) is 0 Å². The molecule has 4 heteroatoms. The Hall–Kier alpha value is -2.67. The highest BCUT2D eigenvalue weighted by Crippen LogP contribution is 2.19. The Bertz CT molecular complexity index is 748. The molecule has 0 atom stereocenters. The van der Waals surface area contributed by atoms with Gasteiger partial charge in [-0.2, -0.15) is 5.26 Å². The molecule has 2 heterocycles. The summed E-state index contributed by atoms with van der Waals surface area (Å²) in [6.07, 6.45) is 0. The normalized spacial score (nSPS) is 10.4. The van der Waals surface area contributed by atoms with Gasteiger partial charge < -0.3 is 4.98 Å². The van der Waals surface area contributed by atoms with Crippen LogP contribution in [0.1, 0.15) is 11.3 Å². The van der Waals surface area contributed by atoms with Crippen LogP contribution >= 0.6 is 0 Å². The van der Waals surface area contributed by atoms with Gasteiger partial charge in [-0.05, 0) is 43.3 Å². The lowest BCUT2D eigenvalue weighted by molar-refractivity contribution is 1.22. The molecule has 0 aliphatic carbocycles. The monoisotopic (exact) mass is 234 g/mol. The maximum Gasteiger partial charge on any atom is 0.178 e. The van der Waals surface area contributed by atoms with Gasteiger partial charge in [-0.1, -0.05) is 0 Å². The molecule has 1 N–H and O–H groups in total. The molecule has 0 unspecified atom stereocenters. The van der Waals surface area contributed by atoms with Gasteiger partial charge in [0.2, 0.25) is 0 Å². The number of aromatic nitrogens is 3. The van der Waals surface area contributed by atoms with Crippen molar-refractivity contribution in [1.82, 2.24) is 15.0 Å². The van der Waals surface area contributed by atoms with E-state index in [-0.39, 0.29) is 0 Å². The number of nitrogens with zero attached hydrogens (tertiary/aromatic N) is 3. The van der Waals surface area contributed by atoms with Crippen LogP contribution in [0, 0.1) is 18.3 Å². The summed E-state index contributed by atoms with van der Waals surface area (Å²) in [6.45, 7) is 1.94. The molecule has 3 rings (SSSR count). The summed E-state index contributed by atoms with van der Waals surface area (Å²) in [5.74, 6) is 0.771. The van der Waals surface area contributed by atoms with Gasteiger partial charge in [-0.3, -0.25) is 0 Å². The minimum Gasteiger partial charge on any atom is -0.337 e. The van der Waals surface area contributed by atoms with Crippen LogP contribution < -0.4 is 0 Å². The maximum atomic E-state index is 8.76. The molecule has 1 aromatic carbocycles. The van der Waals surface area contributed by atoms with E-state index in [1.807, 2.05) is 31.2 Å². The van der Waals surface area contributed by atoms with Gasteiger partial charge in [0, 0.05) is 11.3 Å². The average Bonchev–Trinajstić information content (AvgIpc) is 2.81. The molecular formula is C14H10N4. The molecule has 0 aliphatic rings. The van der Waals surface area contributed by atoms with Crippen molar-refractivity contribution in [3.8, 4) is 17.5 Å². The van der Waals surface area contributed by atoms with Crippen LogP contribution in [-0.4, -0.2) is 15.0 Å². The topological polar surface area (TPSA) is 65.4 Å². The molecule has 0 aliphatic heterocycles. The van der Waals surface area contributed by atoms with Gasteiger partial charge >= 0.3 is 0 Å². The quantitative estimate of drug-likeness (QED) is 0.704. The Labute approximate surface area is 104 Å². The van der Waals surface area contributed by atoms with Crippen LogP contribution in [0.5, 0.6) is 0 Å². The standard InChI is InChI=1S/C14H10N4/c1-9-2-7-12-14(16-9)18-13(17-12)11-5-3-10(8-15)4-6-11/h2-7H,1H3,(H,16,17,18). The van der Waals surface area contributed by atoms with E-state index >= 15 is 0 Å². The lowest BCUT2D eigenvalue weighted by Crippen LogP contribution is -1.81. The van der Waals surface area contributed by atoms with Crippen molar-refractivity contribution in [1.29, 1.82) is 5.26 Å². The number of pyridine rings is 1. The van der Waals surface area contributed by atoms with Crippen molar-refractivity contribution in [2.24, 2.45) is 0 Å². The molecule has 0 bridgehead atoms. The van der Waals surface area contributed by atoms with Crippen LogP contribution in [0.2, 0.25) is 0 Å². The highest BCUT2D eigenvalue weighted by atomic mass is 15.0. The molecule has 0 amide bonds. The van der Waals surface area contributed by atoms with Crippen LogP contribution in [0.3, 0.4) is 0 Å². The van der Waals surface area contributed by atoms with E-state index in [4.69, 9.17) is 5.26 Å². The molecule has 4 nitrogen and oxygen atoms in total. The third kappa shape index (κ3) is 1.72. The van der Waals surface area contributed by atoms with E-state index in [0.29, 0.717) is 11.2 Å². The summed E-state index contributed by atoms with van der Waals surface area (Å²) < 4.78 is 0. The van der Waals surface area contributed by atoms with Gasteiger partial charge in [0.05, 0.1) is 17.1 Å². The van der Waals surface area contributed by atoms with Gasteiger partial charge in [0.1, 0.15) is 5.82 Å². The van der Waals surface area contributed by atoms with Gasteiger partial charge in [-0.25, -0.2) is 9.97 Å². The molecule has 0 fully saturated rings. The molecule has 0 saturated carbocycles. The first-order valence-electron chi connectivity index (χ1n) is 5.60. The van der Waals surface area contributed by atoms with Crippen LogP contribution in [0.4, 0.5) is 0 Å². The van der Waals surface area contributed by atoms with Crippen LogP contribution in [0.15, 0.2) is 36.4 Å². The summed E-state index contributed by atoms with van der Waals surface area (Å²) in [5.41, 5.74) is 4.17. The number of nitriles is 1. The minimum atomic E-state index is 0.642. The predicted octanol–water partition coefficient (Wildman–Crippen LogP) is 2.80. The molecule has 0 radical (unpaired) electrons. The molecule has 2 aromatic heterocycles. The summed E-state index contributed by atoms with van der Waals surface area (Å²) in [7, 11) is 0. The molecule has 18 heavy (non-hydrogen) atoms. The first kappa shape index (κ1) is 10.5. The fraction of sp³-hybridized carbons (Fsp3) is 0.0714. The zero-order valence-electron chi connectivity index (χ0n) is 9.81. The lowest BCUT2D eigenvalue weighted by Gasteiger charge is -1.95. The average molecular weight is 234 g/mol. The number of aryl methyl sites for hydroxylation is 1. The SMILES string of the molecule is Cc1ccc2[nH]c(-c3ccc(C#N)cc3)nc2n1. The van der Waals surface area contributed by atoms with E-state index in [2.05, 4.69) is 21.0 Å². The number of fused-ring (bicyclic) bond motifs is 1. The Balaban J connectivity index is 2.10. The second-order valence-electron chi connectivity index (χ2n) is 4.10. The van der Waals surface area contributed by atoms with Crippen LogP contribution in [0.25, 0.3) is 22.6 Å². The number of hydrogen-bond acceptors (Lipinski definition) is 3. The Morgan fingerprint density at radius 1 is 1.06 bits per heavy atom. The zero-order valence-corrected chi connectivity index (χ0v) is 9.81. The summed E-state index contributed by atoms with van der Waals surface area (Å²) >= 11 is 0. The highest BCUT2D eigenvalue weighted by molar-refractivity contribution is 5.76. The van der Waals surface area contributed by atoms with Crippen LogP contribution in [-0.2, 0) is 0 Å². The number of hydrogen-bond donors (Lipinski definition) is 1. The van der Waals surface area contributed by atoms with Crippen molar-refractivity contribution in [2.45, 2.75) is 6.92 Å². The fourth-order valence-electron chi connectivity index (χ4n) is 1.83. The number of benzene rings is 1. The van der Waals surface area contributed by atoms with Crippen molar-refractivity contribution < 1.29 is 0 Å². The Morgan fingerprint density at radius 2 is 1.83 bits per heavy atom. The fourth-order valence-corrected chi connectivity index (χ4v) is 1.83. The Kier molecular flexibility index (Phi) is 2.31. The van der Waals surface area contributed by atoms with E-state index in [1.165, 1.54) is 0 Å². The molecule has 0 saturated heterocycles. The van der Waals surface area contributed by atoms with E-state index in [0.717, 1.165) is 22.6 Å². The Morgan fingerprint density at radius 3 is 2.56 bits per heavy atom. The number of imidazole rings is 1. The van der Waals surface area contributed by atoms with Gasteiger partial charge in [0.25, 0.3) is 0 Å². The number of nitrogens with one attached hydrogen (secondary N) is 1. The highest BCUT2D eigenvalue weighted by Gasteiger charge is 2.06. The molecular weight excluding hydrogens is 224 g/mol. The second kappa shape index (κ2) is 3.97. The molecule has 3 aromatic rings. The van der Waals surface area contributed by atoms with E-state index in [1.54, 1.807) is 12.1 Å². The number of H-pyrrole nitrogens is 1. The summed E-state index contributed by atoms with van der Waals surface area (Å²) in [6, 6.07) is 13.3. The number of rotatable bonds is 1. The third-order valence-electron chi connectivity index (χ3n) is 2.77. The van der Waals surface area contributed by atoms with Crippen molar-refractivity contribution >= 4 is 11.2 Å². The number of aromatic amines is 1. The third-order valence-corrected chi connectivity index (χ3v) is 2.77. The maximum absolute atomic E-state index is 8.76. The molecule has 0 spiro atoms. The van der Waals surface area contributed by atoms with Gasteiger partial charge in [0.15, 0.2) is 5.65 Å². The van der Waals surface area contributed by atoms with Gasteiger partial charge in [-0.15, -0.1) is 0 Å². The van der Waals surface area contributed by atoms with Crippen molar-refractivity contribution in [3.05, 3.63) is 47.7 Å². The first-order valence-corrected chi connectivity index (χ1v) is 5.60. The first-order chi connectivity index (χ1) is 8.76.